The molecule has 0 aromatic heterocycles. The minimum Gasteiger partial charge on any atom is -0.374 e. The summed E-state index contributed by atoms with van der Waals surface area (Å²) in [5, 5.41) is 0. The molecular weight excluding hydrogens is 262 g/mol. The summed E-state index contributed by atoms with van der Waals surface area (Å²) in [6, 6.07) is 6.46. The molecule has 0 fully saturated rings. The molecule has 0 amide bonds. The van der Waals surface area contributed by atoms with Crippen LogP contribution in [0.4, 0.5) is 5.69 Å². The Balaban J connectivity index is 2.88. The number of rotatable bonds is 6. The van der Waals surface area contributed by atoms with E-state index in [1.54, 1.807) is 0 Å². The molecule has 0 saturated heterocycles. The molecule has 0 unspecified atom stereocenters. The molecule has 1 aromatic rings. The SMILES string of the molecule is C=CCc1cc(Br)ccc1N(C)CCCC. The molecule has 0 aliphatic heterocycles. The molecular formula is C14H20BrN. The van der Waals surface area contributed by atoms with Gasteiger partial charge in [-0.2, -0.15) is 0 Å². The van der Waals surface area contributed by atoms with Crippen LogP contribution in [0.25, 0.3) is 0 Å². The zero-order valence-electron chi connectivity index (χ0n) is 10.2. The van der Waals surface area contributed by atoms with Crippen LogP contribution in [0.3, 0.4) is 0 Å². The Kier molecular flexibility index (Phi) is 5.61. The summed E-state index contributed by atoms with van der Waals surface area (Å²) in [5.41, 5.74) is 2.65. The van der Waals surface area contributed by atoms with E-state index in [-0.39, 0.29) is 0 Å². The Morgan fingerprint density at radius 3 is 2.81 bits per heavy atom. The van der Waals surface area contributed by atoms with Crippen molar-refractivity contribution in [1.82, 2.24) is 0 Å². The van der Waals surface area contributed by atoms with Crippen molar-refractivity contribution in [3.63, 3.8) is 0 Å². The Morgan fingerprint density at radius 2 is 2.19 bits per heavy atom. The highest BCUT2D eigenvalue weighted by Crippen LogP contribution is 2.24. The minimum absolute atomic E-state index is 0.922. The second-order valence-electron chi connectivity index (χ2n) is 4.04. The van der Waals surface area contributed by atoms with Crippen LogP contribution in [0, 0.1) is 0 Å². The lowest BCUT2D eigenvalue weighted by Crippen LogP contribution is -2.19. The standard InChI is InChI=1S/C14H20BrN/c1-4-6-10-16(3)14-9-8-13(15)11-12(14)7-5-2/h5,8-9,11H,2,4,6-7,10H2,1,3H3. The first-order chi connectivity index (χ1) is 7.69. The number of hydrogen-bond donors (Lipinski definition) is 0. The van der Waals surface area contributed by atoms with Crippen molar-refractivity contribution in [2.45, 2.75) is 26.2 Å². The summed E-state index contributed by atoms with van der Waals surface area (Å²) in [6.45, 7) is 7.15. The maximum atomic E-state index is 3.81. The van der Waals surface area contributed by atoms with Crippen molar-refractivity contribution in [2.24, 2.45) is 0 Å². The quantitative estimate of drug-likeness (QED) is 0.698. The highest BCUT2D eigenvalue weighted by Gasteiger charge is 2.06. The third kappa shape index (κ3) is 3.67. The maximum Gasteiger partial charge on any atom is 0.0400 e. The van der Waals surface area contributed by atoms with Crippen LogP contribution in [0.5, 0.6) is 0 Å². The molecule has 0 radical (unpaired) electrons. The molecule has 0 atom stereocenters. The lowest BCUT2D eigenvalue weighted by atomic mass is 10.1. The Bertz CT molecular complexity index is 347. The molecule has 1 rings (SSSR count). The van der Waals surface area contributed by atoms with Gasteiger partial charge in [0.2, 0.25) is 0 Å². The largest absolute Gasteiger partial charge is 0.374 e. The molecule has 88 valence electrons. The van der Waals surface area contributed by atoms with Gasteiger partial charge < -0.3 is 4.90 Å². The number of anilines is 1. The summed E-state index contributed by atoms with van der Waals surface area (Å²) in [7, 11) is 2.16. The van der Waals surface area contributed by atoms with Gasteiger partial charge in [0, 0.05) is 23.8 Å². The molecule has 0 N–H and O–H groups in total. The van der Waals surface area contributed by atoms with Gasteiger partial charge in [-0.25, -0.2) is 0 Å². The normalized spacial score (nSPS) is 10.2. The Labute approximate surface area is 107 Å². The van der Waals surface area contributed by atoms with Gasteiger partial charge in [0.25, 0.3) is 0 Å². The van der Waals surface area contributed by atoms with E-state index in [4.69, 9.17) is 0 Å². The molecule has 0 spiro atoms. The van der Waals surface area contributed by atoms with Crippen LogP contribution >= 0.6 is 15.9 Å². The van der Waals surface area contributed by atoms with Gasteiger partial charge in [0.05, 0.1) is 0 Å². The third-order valence-electron chi connectivity index (χ3n) is 2.66. The van der Waals surface area contributed by atoms with E-state index in [0.717, 1.165) is 17.4 Å². The molecule has 1 aromatic carbocycles. The van der Waals surface area contributed by atoms with Crippen LogP contribution in [-0.2, 0) is 6.42 Å². The van der Waals surface area contributed by atoms with Crippen molar-refractivity contribution in [2.75, 3.05) is 18.5 Å². The monoisotopic (exact) mass is 281 g/mol. The number of allylic oxidation sites excluding steroid dienone is 1. The zero-order valence-corrected chi connectivity index (χ0v) is 11.8. The average molecular weight is 282 g/mol. The first-order valence-corrected chi connectivity index (χ1v) is 6.58. The predicted octanol–water partition coefficient (Wildman–Crippen LogP) is 4.41. The summed E-state index contributed by atoms with van der Waals surface area (Å²) >= 11 is 3.52. The molecule has 1 nitrogen and oxygen atoms in total. The van der Waals surface area contributed by atoms with Crippen LogP contribution in [0.15, 0.2) is 35.3 Å². The van der Waals surface area contributed by atoms with Crippen LogP contribution in [-0.4, -0.2) is 13.6 Å². The average Bonchev–Trinajstić information content (AvgIpc) is 2.26. The minimum atomic E-state index is 0.922. The number of nitrogens with zero attached hydrogens (tertiary/aromatic N) is 1. The van der Waals surface area contributed by atoms with Gasteiger partial charge in [-0.15, -0.1) is 6.58 Å². The van der Waals surface area contributed by atoms with E-state index in [2.05, 4.69) is 59.6 Å². The molecule has 0 aliphatic carbocycles. The molecule has 0 aliphatic rings. The van der Waals surface area contributed by atoms with E-state index in [1.165, 1.54) is 24.1 Å². The van der Waals surface area contributed by atoms with Crippen LogP contribution in [0.2, 0.25) is 0 Å². The fourth-order valence-electron chi connectivity index (χ4n) is 1.76. The number of halogens is 1. The predicted molar refractivity (Wildman–Crippen MR) is 76.2 cm³/mol. The summed E-state index contributed by atoms with van der Waals surface area (Å²) in [6.07, 6.45) is 5.35. The number of unbranched alkanes of at least 4 members (excludes halogenated alkanes) is 1. The van der Waals surface area contributed by atoms with Crippen LogP contribution in [0.1, 0.15) is 25.3 Å². The maximum absolute atomic E-state index is 3.81. The summed E-state index contributed by atoms with van der Waals surface area (Å²) in [5.74, 6) is 0. The zero-order chi connectivity index (χ0) is 12.0. The van der Waals surface area contributed by atoms with Gasteiger partial charge >= 0.3 is 0 Å². The Hall–Kier alpha value is -0.760. The van der Waals surface area contributed by atoms with Crippen molar-refractivity contribution in [3.8, 4) is 0 Å². The van der Waals surface area contributed by atoms with E-state index in [0.29, 0.717) is 0 Å². The number of hydrogen-bond acceptors (Lipinski definition) is 1. The van der Waals surface area contributed by atoms with Gasteiger partial charge in [-0.05, 0) is 36.6 Å². The van der Waals surface area contributed by atoms with Crippen LogP contribution < -0.4 is 4.90 Å². The second-order valence-corrected chi connectivity index (χ2v) is 4.96. The molecule has 0 bridgehead atoms. The Morgan fingerprint density at radius 1 is 1.44 bits per heavy atom. The van der Waals surface area contributed by atoms with E-state index < -0.39 is 0 Å². The van der Waals surface area contributed by atoms with E-state index in [9.17, 15) is 0 Å². The van der Waals surface area contributed by atoms with E-state index >= 15 is 0 Å². The first kappa shape index (κ1) is 13.3. The first-order valence-electron chi connectivity index (χ1n) is 5.79. The lowest BCUT2D eigenvalue weighted by Gasteiger charge is -2.22. The van der Waals surface area contributed by atoms with E-state index in [1.807, 2.05) is 6.08 Å². The molecule has 0 heterocycles. The topological polar surface area (TPSA) is 3.24 Å². The highest BCUT2D eigenvalue weighted by atomic mass is 79.9. The highest BCUT2D eigenvalue weighted by molar-refractivity contribution is 9.10. The fraction of sp³-hybridized carbons (Fsp3) is 0.429. The van der Waals surface area contributed by atoms with Crippen molar-refractivity contribution >= 4 is 21.6 Å². The van der Waals surface area contributed by atoms with Gasteiger partial charge in [-0.1, -0.05) is 35.4 Å². The smallest absolute Gasteiger partial charge is 0.0400 e. The van der Waals surface area contributed by atoms with Crippen molar-refractivity contribution in [3.05, 3.63) is 40.9 Å². The second kappa shape index (κ2) is 6.74. The fourth-order valence-corrected chi connectivity index (χ4v) is 2.17. The summed E-state index contributed by atoms with van der Waals surface area (Å²) in [4.78, 5) is 2.33. The van der Waals surface area contributed by atoms with Gasteiger partial charge in [0.1, 0.15) is 0 Å². The molecule has 2 heteroatoms. The van der Waals surface area contributed by atoms with Crippen molar-refractivity contribution in [1.29, 1.82) is 0 Å². The summed E-state index contributed by atoms with van der Waals surface area (Å²) < 4.78 is 1.14. The molecule has 16 heavy (non-hydrogen) atoms. The van der Waals surface area contributed by atoms with Gasteiger partial charge in [0.15, 0.2) is 0 Å². The van der Waals surface area contributed by atoms with Crippen molar-refractivity contribution < 1.29 is 0 Å². The third-order valence-corrected chi connectivity index (χ3v) is 3.16. The van der Waals surface area contributed by atoms with Gasteiger partial charge in [-0.3, -0.25) is 0 Å². The number of benzene rings is 1. The lowest BCUT2D eigenvalue weighted by molar-refractivity contribution is 0.764. The molecule has 0 saturated carbocycles.